The molecule has 2 aromatic heterocycles. The molecule has 0 spiro atoms. The van der Waals surface area contributed by atoms with Crippen molar-refractivity contribution in [1.29, 1.82) is 0 Å². The summed E-state index contributed by atoms with van der Waals surface area (Å²) in [5.41, 5.74) is 1.79. The second-order valence-corrected chi connectivity index (χ2v) is 3.87. The number of carboxylic acid groups (broad SMARTS) is 1. The van der Waals surface area contributed by atoms with Crippen LogP contribution in [0.1, 0.15) is 22.1 Å². The molecule has 0 aliphatic carbocycles. The van der Waals surface area contributed by atoms with Crippen molar-refractivity contribution >= 4 is 5.97 Å². The van der Waals surface area contributed by atoms with E-state index >= 15 is 0 Å². The summed E-state index contributed by atoms with van der Waals surface area (Å²) in [5, 5.41) is 8.98. The predicted molar refractivity (Wildman–Crippen MR) is 55.3 cm³/mol. The molecule has 3 heterocycles. The Morgan fingerprint density at radius 2 is 2.44 bits per heavy atom. The first-order valence-electron chi connectivity index (χ1n) is 5.05. The van der Waals surface area contributed by atoms with Crippen LogP contribution in [-0.2, 0) is 13.0 Å². The minimum Gasteiger partial charge on any atom is -0.475 e. The van der Waals surface area contributed by atoms with Crippen molar-refractivity contribution in [2.24, 2.45) is 0 Å². The lowest BCUT2D eigenvalue weighted by Gasteiger charge is -2.14. The van der Waals surface area contributed by atoms with Gasteiger partial charge in [-0.05, 0) is 13.0 Å². The van der Waals surface area contributed by atoms with Crippen molar-refractivity contribution in [1.82, 2.24) is 9.55 Å². The van der Waals surface area contributed by atoms with E-state index in [2.05, 4.69) is 4.98 Å². The van der Waals surface area contributed by atoms with E-state index in [1.807, 2.05) is 13.0 Å². The zero-order valence-electron chi connectivity index (χ0n) is 8.73. The Labute approximate surface area is 91.3 Å². The second kappa shape index (κ2) is 2.98. The number of imidazole rings is 1. The minimum absolute atomic E-state index is 0.0968. The molecule has 0 fully saturated rings. The first kappa shape index (κ1) is 9.21. The van der Waals surface area contributed by atoms with E-state index < -0.39 is 5.97 Å². The van der Waals surface area contributed by atoms with Crippen LogP contribution in [0.15, 0.2) is 16.7 Å². The molecular weight excluding hydrogens is 208 g/mol. The van der Waals surface area contributed by atoms with E-state index in [0.717, 1.165) is 22.8 Å². The number of carbonyl (C=O) groups is 1. The molecule has 0 aromatic carbocycles. The van der Waals surface area contributed by atoms with Gasteiger partial charge in [0, 0.05) is 18.5 Å². The van der Waals surface area contributed by atoms with Crippen LogP contribution in [0, 0.1) is 6.92 Å². The van der Waals surface area contributed by atoms with Gasteiger partial charge in [0.25, 0.3) is 0 Å². The molecule has 5 heteroatoms. The molecule has 0 bridgehead atoms. The molecule has 1 aliphatic heterocycles. The van der Waals surface area contributed by atoms with E-state index in [0.29, 0.717) is 13.0 Å². The molecule has 5 nitrogen and oxygen atoms in total. The Balaban J connectivity index is 2.22. The molecule has 16 heavy (non-hydrogen) atoms. The second-order valence-electron chi connectivity index (χ2n) is 3.87. The van der Waals surface area contributed by atoms with E-state index in [4.69, 9.17) is 9.52 Å². The van der Waals surface area contributed by atoms with E-state index in [1.54, 1.807) is 10.8 Å². The summed E-state index contributed by atoms with van der Waals surface area (Å²) in [6, 6.07) is 1.92. The van der Waals surface area contributed by atoms with Gasteiger partial charge in [0.2, 0.25) is 5.82 Å². The largest absolute Gasteiger partial charge is 0.475 e. The van der Waals surface area contributed by atoms with Crippen LogP contribution in [0.4, 0.5) is 0 Å². The van der Waals surface area contributed by atoms with Gasteiger partial charge in [-0.1, -0.05) is 0 Å². The summed E-state index contributed by atoms with van der Waals surface area (Å²) in [6.45, 7) is 2.49. The van der Waals surface area contributed by atoms with E-state index in [9.17, 15) is 4.79 Å². The summed E-state index contributed by atoms with van der Waals surface area (Å²) < 4.78 is 7.27. The fraction of sp³-hybridized carbons (Fsp3) is 0.273. The number of furan rings is 1. The fourth-order valence-electron chi connectivity index (χ4n) is 2.17. The summed E-state index contributed by atoms with van der Waals surface area (Å²) in [7, 11) is 0. The third-order valence-electron chi connectivity index (χ3n) is 2.82. The van der Waals surface area contributed by atoms with Gasteiger partial charge < -0.3 is 14.1 Å². The highest BCUT2D eigenvalue weighted by Gasteiger charge is 2.24. The fourth-order valence-corrected chi connectivity index (χ4v) is 2.17. The van der Waals surface area contributed by atoms with Gasteiger partial charge in [0.05, 0.1) is 11.9 Å². The first-order chi connectivity index (χ1) is 7.66. The molecule has 1 N–H and O–H groups in total. The number of hydrogen-bond acceptors (Lipinski definition) is 3. The Kier molecular flexibility index (Phi) is 1.71. The molecule has 3 rings (SSSR count). The molecule has 1 aliphatic rings. The number of aryl methyl sites for hydroxylation is 2. The quantitative estimate of drug-likeness (QED) is 0.791. The maximum atomic E-state index is 10.9. The maximum absolute atomic E-state index is 10.9. The number of carboxylic acids is 1. The van der Waals surface area contributed by atoms with Crippen molar-refractivity contribution in [3.63, 3.8) is 0 Å². The predicted octanol–water partition coefficient (Wildman–Crippen LogP) is 1.71. The standard InChI is InChI=1S/C11H10N2O3/c1-6-4-7-8-5-12-10(11(14)15)13(8)3-2-9(7)16-6/h4-5H,2-3H2,1H3,(H,14,15). The van der Waals surface area contributed by atoms with Crippen LogP contribution in [-0.4, -0.2) is 20.6 Å². The van der Waals surface area contributed by atoms with Gasteiger partial charge in [-0.2, -0.15) is 0 Å². The first-order valence-corrected chi connectivity index (χ1v) is 5.05. The van der Waals surface area contributed by atoms with Crippen LogP contribution in [0.25, 0.3) is 11.3 Å². The van der Waals surface area contributed by atoms with Crippen LogP contribution in [0.3, 0.4) is 0 Å². The highest BCUT2D eigenvalue weighted by molar-refractivity contribution is 5.85. The molecule has 0 radical (unpaired) electrons. The van der Waals surface area contributed by atoms with Crippen molar-refractivity contribution in [2.75, 3.05) is 0 Å². The number of rotatable bonds is 1. The highest BCUT2D eigenvalue weighted by Crippen LogP contribution is 2.32. The lowest BCUT2D eigenvalue weighted by molar-refractivity contribution is 0.0678. The number of nitrogens with zero attached hydrogens (tertiary/aromatic N) is 2. The Hall–Kier alpha value is -2.04. The Bertz CT molecular complexity index is 580. The molecule has 0 saturated heterocycles. The van der Waals surface area contributed by atoms with E-state index in [-0.39, 0.29) is 5.82 Å². The normalized spacial score (nSPS) is 13.3. The zero-order valence-corrected chi connectivity index (χ0v) is 8.73. The van der Waals surface area contributed by atoms with Gasteiger partial charge in [-0.25, -0.2) is 9.78 Å². The minimum atomic E-state index is -0.991. The topological polar surface area (TPSA) is 68.3 Å². The zero-order chi connectivity index (χ0) is 11.3. The number of aromatic nitrogens is 2. The maximum Gasteiger partial charge on any atom is 0.372 e. The van der Waals surface area contributed by atoms with Crippen molar-refractivity contribution in [2.45, 2.75) is 19.9 Å². The average Bonchev–Trinajstić information content (AvgIpc) is 2.77. The lowest BCUT2D eigenvalue weighted by atomic mass is 10.1. The summed E-state index contributed by atoms with van der Waals surface area (Å²) >= 11 is 0. The molecule has 0 atom stereocenters. The number of fused-ring (bicyclic) bond motifs is 3. The SMILES string of the molecule is Cc1cc2c(o1)CCn1c-2cnc1C(=O)O. The van der Waals surface area contributed by atoms with Gasteiger partial charge >= 0.3 is 5.97 Å². The van der Waals surface area contributed by atoms with Crippen LogP contribution >= 0.6 is 0 Å². The van der Waals surface area contributed by atoms with Crippen molar-refractivity contribution in [3.8, 4) is 11.3 Å². The molecular formula is C11H10N2O3. The molecule has 82 valence electrons. The number of hydrogen-bond donors (Lipinski definition) is 1. The molecule has 2 aromatic rings. The van der Waals surface area contributed by atoms with Crippen LogP contribution in [0.5, 0.6) is 0 Å². The van der Waals surface area contributed by atoms with Gasteiger partial charge in [0.1, 0.15) is 11.5 Å². The summed E-state index contributed by atoms with van der Waals surface area (Å²) in [5.74, 6) is 0.868. The smallest absolute Gasteiger partial charge is 0.372 e. The summed E-state index contributed by atoms with van der Waals surface area (Å²) in [4.78, 5) is 14.9. The van der Waals surface area contributed by atoms with Gasteiger partial charge in [0.15, 0.2) is 0 Å². The highest BCUT2D eigenvalue weighted by atomic mass is 16.4. The van der Waals surface area contributed by atoms with Crippen LogP contribution in [0.2, 0.25) is 0 Å². The molecule has 0 unspecified atom stereocenters. The Morgan fingerprint density at radius 3 is 3.19 bits per heavy atom. The van der Waals surface area contributed by atoms with Gasteiger partial charge in [-0.3, -0.25) is 0 Å². The van der Waals surface area contributed by atoms with E-state index in [1.165, 1.54) is 0 Å². The Morgan fingerprint density at radius 1 is 1.62 bits per heavy atom. The summed E-state index contributed by atoms with van der Waals surface area (Å²) in [6.07, 6.45) is 2.31. The monoisotopic (exact) mass is 218 g/mol. The third-order valence-corrected chi connectivity index (χ3v) is 2.82. The van der Waals surface area contributed by atoms with Crippen molar-refractivity contribution < 1.29 is 14.3 Å². The number of aromatic carboxylic acids is 1. The molecule has 0 saturated carbocycles. The van der Waals surface area contributed by atoms with Gasteiger partial charge in [-0.15, -0.1) is 0 Å². The van der Waals surface area contributed by atoms with Crippen molar-refractivity contribution in [3.05, 3.63) is 29.6 Å². The third kappa shape index (κ3) is 1.11. The average molecular weight is 218 g/mol. The molecule has 0 amide bonds. The lowest BCUT2D eigenvalue weighted by Crippen LogP contribution is -2.15. The van der Waals surface area contributed by atoms with Crippen LogP contribution < -0.4 is 0 Å².